The van der Waals surface area contributed by atoms with Crippen LogP contribution in [0.15, 0.2) is 48.5 Å². The van der Waals surface area contributed by atoms with E-state index in [0.717, 1.165) is 11.3 Å². The van der Waals surface area contributed by atoms with Crippen LogP contribution in [0.2, 0.25) is 5.02 Å². The van der Waals surface area contributed by atoms with Crippen molar-refractivity contribution in [1.29, 1.82) is 0 Å². The molecule has 30 heavy (non-hydrogen) atoms. The molecule has 0 atom stereocenters. The Morgan fingerprint density at radius 3 is 2.43 bits per heavy atom. The van der Waals surface area contributed by atoms with Crippen LogP contribution in [0.4, 0.5) is 0 Å². The molecule has 0 aliphatic carbocycles. The van der Waals surface area contributed by atoms with Crippen LogP contribution in [0, 0.1) is 5.92 Å². The van der Waals surface area contributed by atoms with E-state index in [0.29, 0.717) is 49.7 Å². The maximum Gasteiger partial charge on any atom is 0.223 e. The largest absolute Gasteiger partial charge is 0.494 e. The molecule has 1 amide bonds. The first kappa shape index (κ1) is 22.6. The van der Waals surface area contributed by atoms with Crippen molar-refractivity contribution in [3.05, 3.63) is 64.7 Å². The van der Waals surface area contributed by atoms with E-state index in [9.17, 15) is 13.2 Å². The minimum atomic E-state index is -3.47. The molecule has 1 fully saturated rings. The molecule has 1 aliphatic heterocycles. The molecule has 1 aliphatic rings. The quantitative estimate of drug-likeness (QED) is 0.666. The fraction of sp³-hybridized carbons (Fsp3) is 0.409. The molecule has 1 saturated heterocycles. The van der Waals surface area contributed by atoms with Gasteiger partial charge in [-0.25, -0.2) is 12.7 Å². The van der Waals surface area contributed by atoms with E-state index in [-0.39, 0.29) is 17.6 Å². The van der Waals surface area contributed by atoms with Crippen LogP contribution in [0.25, 0.3) is 0 Å². The maximum absolute atomic E-state index is 12.7. The molecule has 0 bridgehead atoms. The number of benzene rings is 2. The standard InChI is InChI=1S/C22H27ClN2O4S/c1-2-29-20-9-7-17(8-10-20)15-24-22(26)18-11-13-25(14-12-18)30(27,28)16-19-5-3-4-6-21(19)23/h3-10,18H,2,11-16H2,1H3,(H,24,26). The van der Waals surface area contributed by atoms with Crippen molar-refractivity contribution in [3.63, 3.8) is 0 Å². The number of ether oxygens (including phenoxy) is 1. The zero-order chi connectivity index (χ0) is 21.6. The number of sulfonamides is 1. The summed E-state index contributed by atoms with van der Waals surface area (Å²) in [6, 6.07) is 14.6. The first-order valence-electron chi connectivity index (χ1n) is 10.1. The molecular formula is C22H27ClN2O4S. The van der Waals surface area contributed by atoms with Crippen LogP contribution < -0.4 is 10.1 Å². The highest BCUT2D eigenvalue weighted by Crippen LogP contribution is 2.24. The Labute approximate surface area is 183 Å². The van der Waals surface area contributed by atoms with Crippen molar-refractivity contribution >= 4 is 27.5 Å². The Bertz CT molecular complexity index is 955. The summed E-state index contributed by atoms with van der Waals surface area (Å²) in [4.78, 5) is 12.5. The number of hydrogen-bond acceptors (Lipinski definition) is 4. The Kier molecular flexibility index (Phi) is 7.75. The maximum atomic E-state index is 12.7. The average Bonchev–Trinajstić information content (AvgIpc) is 2.75. The SMILES string of the molecule is CCOc1ccc(CNC(=O)C2CCN(S(=O)(=O)Cc3ccccc3Cl)CC2)cc1. The van der Waals surface area contributed by atoms with E-state index in [1.165, 1.54) is 4.31 Å². The Balaban J connectivity index is 1.48. The van der Waals surface area contributed by atoms with Gasteiger partial charge in [-0.1, -0.05) is 41.9 Å². The molecule has 2 aromatic rings. The number of halogens is 1. The third-order valence-electron chi connectivity index (χ3n) is 5.21. The monoisotopic (exact) mass is 450 g/mol. The number of carbonyl (C=O) groups excluding carboxylic acids is 1. The summed E-state index contributed by atoms with van der Waals surface area (Å²) in [5.74, 6) is 0.464. The minimum absolute atomic E-state index is 0.0352. The summed E-state index contributed by atoms with van der Waals surface area (Å²) in [5, 5.41) is 3.40. The Hall–Kier alpha value is -2.09. The second kappa shape index (κ2) is 10.3. The lowest BCUT2D eigenvalue weighted by molar-refractivity contribution is -0.126. The first-order chi connectivity index (χ1) is 14.4. The molecule has 1 N–H and O–H groups in total. The molecular weight excluding hydrogens is 424 g/mol. The highest BCUT2D eigenvalue weighted by atomic mass is 35.5. The third-order valence-corrected chi connectivity index (χ3v) is 7.41. The lowest BCUT2D eigenvalue weighted by Gasteiger charge is -2.30. The van der Waals surface area contributed by atoms with E-state index >= 15 is 0 Å². The summed E-state index contributed by atoms with van der Waals surface area (Å²) in [5.41, 5.74) is 1.58. The van der Waals surface area contributed by atoms with Crippen LogP contribution in [0.3, 0.4) is 0 Å². The van der Waals surface area contributed by atoms with Gasteiger partial charge in [0.15, 0.2) is 0 Å². The molecule has 0 radical (unpaired) electrons. The number of piperidine rings is 1. The van der Waals surface area contributed by atoms with Gasteiger partial charge < -0.3 is 10.1 Å². The lowest BCUT2D eigenvalue weighted by Crippen LogP contribution is -2.43. The van der Waals surface area contributed by atoms with E-state index in [2.05, 4.69) is 5.32 Å². The Morgan fingerprint density at radius 1 is 1.13 bits per heavy atom. The van der Waals surface area contributed by atoms with E-state index in [1.807, 2.05) is 31.2 Å². The van der Waals surface area contributed by atoms with Crippen LogP contribution in [0.1, 0.15) is 30.9 Å². The predicted molar refractivity (Wildman–Crippen MR) is 118 cm³/mol. The first-order valence-corrected chi connectivity index (χ1v) is 12.1. The fourth-order valence-corrected chi connectivity index (χ4v) is 5.38. The summed E-state index contributed by atoms with van der Waals surface area (Å²) in [6.07, 6.45) is 1.02. The van der Waals surface area contributed by atoms with Crippen molar-refractivity contribution in [1.82, 2.24) is 9.62 Å². The number of nitrogens with one attached hydrogen (secondary N) is 1. The Morgan fingerprint density at radius 2 is 1.80 bits per heavy atom. The van der Waals surface area contributed by atoms with Gasteiger partial charge >= 0.3 is 0 Å². The van der Waals surface area contributed by atoms with Crippen molar-refractivity contribution in [2.45, 2.75) is 32.1 Å². The third kappa shape index (κ3) is 5.97. The molecule has 0 unspecified atom stereocenters. The average molecular weight is 451 g/mol. The van der Waals surface area contributed by atoms with Gasteiger partial charge in [0.25, 0.3) is 0 Å². The molecule has 6 nitrogen and oxygen atoms in total. The van der Waals surface area contributed by atoms with Crippen LogP contribution in [-0.4, -0.2) is 38.3 Å². The molecule has 162 valence electrons. The molecule has 0 saturated carbocycles. The van der Waals surface area contributed by atoms with Gasteiger partial charge in [0, 0.05) is 30.6 Å². The van der Waals surface area contributed by atoms with Crippen molar-refractivity contribution in [3.8, 4) is 5.75 Å². The molecule has 2 aromatic carbocycles. The van der Waals surface area contributed by atoms with Gasteiger partial charge in [-0.15, -0.1) is 0 Å². The summed E-state index contributed by atoms with van der Waals surface area (Å²) in [6.45, 7) is 3.67. The predicted octanol–water partition coefficient (Wildman–Crippen LogP) is 3.60. The molecule has 0 aromatic heterocycles. The van der Waals surface area contributed by atoms with Crippen LogP contribution in [-0.2, 0) is 27.1 Å². The minimum Gasteiger partial charge on any atom is -0.494 e. The van der Waals surface area contributed by atoms with E-state index in [1.54, 1.807) is 24.3 Å². The van der Waals surface area contributed by atoms with Gasteiger partial charge in [-0.2, -0.15) is 0 Å². The van der Waals surface area contributed by atoms with Gasteiger partial charge in [0.1, 0.15) is 5.75 Å². The van der Waals surface area contributed by atoms with Crippen molar-refractivity contribution < 1.29 is 17.9 Å². The number of nitrogens with zero attached hydrogens (tertiary/aromatic N) is 1. The van der Waals surface area contributed by atoms with Crippen molar-refractivity contribution in [2.24, 2.45) is 5.92 Å². The molecule has 8 heteroatoms. The fourth-order valence-electron chi connectivity index (χ4n) is 3.50. The second-order valence-corrected chi connectivity index (χ2v) is 9.69. The van der Waals surface area contributed by atoms with E-state index in [4.69, 9.17) is 16.3 Å². The highest BCUT2D eigenvalue weighted by molar-refractivity contribution is 7.88. The topological polar surface area (TPSA) is 75.7 Å². The normalized spacial score (nSPS) is 15.7. The number of carbonyl (C=O) groups is 1. The summed E-state index contributed by atoms with van der Waals surface area (Å²) >= 11 is 6.10. The van der Waals surface area contributed by atoms with Gasteiger partial charge in [-0.3, -0.25) is 4.79 Å². The molecule has 1 heterocycles. The lowest BCUT2D eigenvalue weighted by atomic mass is 9.97. The second-order valence-electron chi connectivity index (χ2n) is 7.32. The zero-order valence-electron chi connectivity index (χ0n) is 17.0. The smallest absolute Gasteiger partial charge is 0.223 e. The molecule has 3 rings (SSSR count). The summed E-state index contributed by atoms with van der Waals surface area (Å²) < 4.78 is 32.3. The number of amides is 1. The van der Waals surface area contributed by atoms with Gasteiger partial charge in [0.05, 0.1) is 12.4 Å². The van der Waals surface area contributed by atoms with Crippen LogP contribution in [0.5, 0.6) is 5.75 Å². The molecule has 0 spiro atoms. The number of hydrogen-bond donors (Lipinski definition) is 1. The van der Waals surface area contributed by atoms with E-state index < -0.39 is 10.0 Å². The van der Waals surface area contributed by atoms with Crippen molar-refractivity contribution in [2.75, 3.05) is 19.7 Å². The van der Waals surface area contributed by atoms with Gasteiger partial charge in [-0.05, 0) is 49.1 Å². The van der Waals surface area contributed by atoms with Crippen LogP contribution >= 0.6 is 11.6 Å². The highest BCUT2D eigenvalue weighted by Gasteiger charge is 2.31. The summed E-state index contributed by atoms with van der Waals surface area (Å²) in [7, 11) is -3.47. The number of rotatable bonds is 8. The van der Waals surface area contributed by atoms with Gasteiger partial charge in [0.2, 0.25) is 15.9 Å². The zero-order valence-corrected chi connectivity index (χ0v) is 18.6.